The number of thiocarbonyl (C=S) groups is 3. The van der Waals surface area contributed by atoms with Crippen LogP contribution in [0.5, 0.6) is 0 Å². The normalized spacial score (nSPS) is 12.5. The number of carbonyl (C=O) groups excluding carboxylic acids is 3. The highest BCUT2D eigenvalue weighted by molar-refractivity contribution is 8.14. The Morgan fingerprint density at radius 2 is 1.01 bits per heavy atom. The van der Waals surface area contributed by atoms with Crippen molar-refractivity contribution in [2.45, 2.75) is 90.8 Å². The van der Waals surface area contributed by atoms with Gasteiger partial charge in [0.15, 0.2) is 27.4 Å². The van der Waals surface area contributed by atoms with Gasteiger partial charge >= 0.3 is 17.1 Å². The van der Waals surface area contributed by atoms with Crippen LogP contribution in [-0.2, 0) is 43.3 Å². The summed E-state index contributed by atoms with van der Waals surface area (Å²) in [6, 6.07) is 9.15. The number of aromatic nitrogens is 3. The van der Waals surface area contributed by atoms with E-state index in [-0.39, 0.29) is 56.2 Å². The topological polar surface area (TPSA) is 215 Å². The minimum absolute atomic E-state index is 0.0464. The number of nitrogens with one attached hydrogen (secondary N) is 1. The smallest absolute Gasteiger partial charge is 0.336 e. The first kappa shape index (κ1) is 55.3. The lowest BCUT2D eigenvalue weighted by Crippen LogP contribution is -2.58. The minimum Gasteiger partial charge on any atom is -0.481 e. The monoisotopic (exact) mass is 1040 g/mol. The van der Waals surface area contributed by atoms with Crippen molar-refractivity contribution in [3.8, 4) is 0 Å². The van der Waals surface area contributed by atoms with Gasteiger partial charge in [0.05, 0.1) is 51.6 Å². The molecular weight excluding hydrogens is 989 g/mol. The van der Waals surface area contributed by atoms with Crippen LogP contribution in [0.15, 0.2) is 82.8 Å². The molecule has 24 heteroatoms. The van der Waals surface area contributed by atoms with Gasteiger partial charge < -0.3 is 42.3 Å². The fourth-order valence-corrected chi connectivity index (χ4v) is 8.72. The number of furan rings is 3. The zero-order valence-corrected chi connectivity index (χ0v) is 42.1. The number of hydrogen-bond acceptors (Lipinski definition) is 20. The summed E-state index contributed by atoms with van der Waals surface area (Å²) < 4.78 is 47.5. The third-order valence-electron chi connectivity index (χ3n) is 8.98. The number of thioether (sulfide) groups is 3. The molecule has 0 aromatic carbocycles. The molecule has 0 amide bonds. The van der Waals surface area contributed by atoms with E-state index in [4.69, 9.17) is 73.6 Å². The summed E-state index contributed by atoms with van der Waals surface area (Å²) in [5.74, 6) is -0.0823. The van der Waals surface area contributed by atoms with Crippen molar-refractivity contribution < 1.29 is 51.3 Å². The molecule has 67 heavy (non-hydrogen) atoms. The van der Waals surface area contributed by atoms with E-state index < -0.39 is 70.4 Å². The molecular formula is C43H54N4O14S6. The summed E-state index contributed by atoms with van der Waals surface area (Å²) in [6.45, 7) is 6.52. The molecule has 3 unspecified atom stereocenters. The van der Waals surface area contributed by atoms with Crippen molar-refractivity contribution in [3.05, 3.63) is 104 Å². The van der Waals surface area contributed by atoms with Crippen LogP contribution in [0.2, 0.25) is 0 Å². The van der Waals surface area contributed by atoms with Gasteiger partial charge in [-0.2, -0.15) is 0 Å². The summed E-state index contributed by atoms with van der Waals surface area (Å²) in [5, 5.41) is 1.85. The first-order valence-corrected chi connectivity index (χ1v) is 25.6. The number of rotatable bonds is 30. The van der Waals surface area contributed by atoms with E-state index in [0.717, 1.165) is 55.4 Å². The molecule has 0 aliphatic rings. The van der Waals surface area contributed by atoms with E-state index in [1.54, 1.807) is 25.1 Å². The molecule has 0 aliphatic carbocycles. The van der Waals surface area contributed by atoms with Crippen molar-refractivity contribution in [2.75, 3.05) is 50.2 Å². The van der Waals surface area contributed by atoms with Gasteiger partial charge in [0.2, 0.25) is 0 Å². The average molecular weight is 1040 g/mol. The molecule has 0 radical (unpaired) electrons. The molecule has 0 saturated heterocycles. The summed E-state index contributed by atoms with van der Waals surface area (Å²) in [4.78, 5) is 82.9. The van der Waals surface area contributed by atoms with Gasteiger partial charge in [-0.1, -0.05) is 56.1 Å². The van der Waals surface area contributed by atoms with Crippen molar-refractivity contribution in [3.63, 3.8) is 0 Å². The van der Waals surface area contributed by atoms with E-state index in [1.807, 2.05) is 13.8 Å². The summed E-state index contributed by atoms with van der Waals surface area (Å²) in [6.07, 6.45) is 3.48. The number of nitrogens with zero attached hydrogens (tertiary/aromatic N) is 3. The first-order chi connectivity index (χ1) is 32.3. The van der Waals surface area contributed by atoms with Crippen LogP contribution in [0, 0.1) is 0 Å². The lowest BCUT2D eigenvalue weighted by molar-refractivity contribution is 0.0471. The lowest BCUT2D eigenvalue weighted by Gasteiger charge is -2.24. The molecule has 366 valence electrons. The zero-order chi connectivity index (χ0) is 48.6. The van der Waals surface area contributed by atoms with Crippen molar-refractivity contribution >= 4 is 103 Å². The van der Waals surface area contributed by atoms with E-state index in [9.17, 15) is 28.8 Å². The Bertz CT molecular complexity index is 2360. The van der Waals surface area contributed by atoms with Gasteiger partial charge in [-0.15, -0.1) is 0 Å². The highest BCUT2D eigenvalue weighted by Gasteiger charge is 2.28. The molecule has 18 nitrogen and oxygen atoms in total. The summed E-state index contributed by atoms with van der Waals surface area (Å²) in [5.41, 5.74) is -3.16. The van der Waals surface area contributed by atoms with E-state index in [1.165, 1.54) is 37.0 Å². The second-order valence-electron chi connectivity index (χ2n) is 14.3. The van der Waals surface area contributed by atoms with Crippen LogP contribution >= 0.6 is 71.9 Å². The van der Waals surface area contributed by atoms with Crippen molar-refractivity contribution in [1.29, 1.82) is 0 Å². The Labute approximate surface area is 415 Å². The van der Waals surface area contributed by atoms with E-state index in [2.05, 4.69) is 5.32 Å². The third kappa shape index (κ3) is 19.0. The maximum Gasteiger partial charge on any atom is 0.336 e. The van der Waals surface area contributed by atoms with Crippen LogP contribution in [0.3, 0.4) is 0 Å². The van der Waals surface area contributed by atoms with Crippen LogP contribution < -0.4 is 22.4 Å². The maximum atomic E-state index is 14.6. The molecule has 0 fully saturated rings. The van der Waals surface area contributed by atoms with Crippen LogP contribution in [-0.4, -0.2) is 113 Å². The van der Waals surface area contributed by atoms with Gasteiger partial charge in [0.1, 0.15) is 18.3 Å². The molecule has 4 heterocycles. The van der Waals surface area contributed by atoms with Gasteiger partial charge in [-0.25, -0.2) is 28.1 Å². The molecule has 0 spiro atoms. The van der Waals surface area contributed by atoms with Gasteiger partial charge in [0.25, 0.3) is 20.5 Å². The quantitative estimate of drug-likeness (QED) is 0.0442. The van der Waals surface area contributed by atoms with Crippen LogP contribution in [0.4, 0.5) is 0 Å². The first-order valence-electron chi connectivity index (χ1n) is 21.4. The minimum atomic E-state index is -1.09. The Morgan fingerprint density at radius 3 is 1.40 bits per heavy atom. The Morgan fingerprint density at radius 1 is 0.597 bits per heavy atom. The Balaban J connectivity index is 1.74. The molecule has 0 bridgehead atoms. The zero-order valence-electron chi connectivity index (χ0n) is 37.2. The highest BCUT2D eigenvalue weighted by Crippen LogP contribution is 2.19. The largest absolute Gasteiger partial charge is 0.481 e. The second kappa shape index (κ2) is 30.2. The lowest BCUT2D eigenvalue weighted by atomic mass is 10.3. The average Bonchev–Trinajstić information content (AvgIpc) is 4.16. The number of carbonyl (C=O) groups is 3. The molecule has 0 saturated carbocycles. The van der Waals surface area contributed by atoms with Gasteiger partial charge in [0, 0.05) is 49.9 Å². The number of ether oxygens (including phenoxy) is 5. The SMILES string of the molecule is CCCNC(=S)OC(CSC(=O)c1ccco1)Cn1c(=O)n(CC(CSC(=O)c2ccco2)OC(=S)CC)c(=O)n(CC(CSC(=O)c2ccco2)OC(=S)CCCOCCOCCC)c1=O. The van der Waals surface area contributed by atoms with E-state index >= 15 is 0 Å². The predicted molar refractivity (Wildman–Crippen MR) is 268 cm³/mol. The van der Waals surface area contributed by atoms with Gasteiger partial charge in [-0.05, 0) is 92.3 Å². The standard InChI is InChI=1S/C43H54N4O14S6/c1-4-15-44-40(64)61-31(28-67-39(50)34-13-9-20-58-34)25-47-42(52)45(23-29(59-35(62)6-3)26-65-37(48)32-11-7-18-56-32)41(51)46(43(47)53)24-30(27-66-38(49)33-12-8-19-57-33)60-36(63)14-10-17-55-22-21-54-16-5-2/h7-9,11-13,18-20,29-31H,4-6,10,14-17,21-28H2,1-3H3,(H,44,64). The molecule has 4 aromatic rings. The summed E-state index contributed by atoms with van der Waals surface area (Å²) >= 11 is 18.9. The number of hydrogen-bond donors (Lipinski definition) is 1. The predicted octanol–water partition coefficient (Wildman–Crippen LogP) is 6.40. The molecule has 1 N–H and O–H groups in total. The maximum absolute atomic E-state index is 14.6. The third-order valence-corrected chi connectivity index (χ3v) is 12.9. The Hall–Kier alpha value is -4.30. The van der Waals surface area contributed by atoms with Crippen molar-refractivity contribution in [1.82, 2.24) is 19.0 Å². The highest BCUT2D eigenvalue weighted by atomic mass is 32.2. The summed E-state index contributed by atoms with van der Waals surface area (Å²) in [7, 11) is 0. The molecule has 3 atom stereocenters. The van der Waals surface area contributed by atoms with E-state index in [0.29, 0.717) is 52.2 Å². The molecule has 4 aromatic heterocycles. The Kier molecular flexibility index (Phi) is 25.0. The molecule has 4 rings (SSSR count). The second-order valence-corrected chi connectivity index (χ2v) is 18.5. The fourth-order valence-electron chi connectivity index (χ4n) is 5.76. The van der Waals surface area contributed by atoms with Crippen LogP contribution in [0.1, 0.15) is 84.5 Å². The van der Waals surface area contributed by atoms with Crippen molar-refractivity contribution in [2.24, 2.45) is 0 Å². The van der Waals surface area contributed by atoms with Crippen LogP contribution in [0.25, 0.3) is 0 Å². The fraction of sp³-hybridized carbons (Fsp3) is 0.512. The molecule has 0 aliphatic heterocycles. The van der Waals surface area contributed by atoms with Gasteiger partial charge in [-0.3, -0.25) is 14.4 Å².